The molecule has 1 heterocycles. The Morgan fingerprint density at radius 2 is 1.82 bits per heavy atom. The maximum atomic E-state index is 12.7. The highest BCUT2D eigenvalue weighted by atomic mass is 35.5. The number of hydrogen-bond acceptors (Lipinski definition) is 2. The molecule has 4 atom stereocenters. The average Bonchev–Trinajstić information content (AvgIpc) is 3.01. The highest BCUT2D eigenvalue weighted by Crippen LogP contribution is 2.47. The van der Waals surface area contributed by atoms with Crippen molar-refractivity contribution >= 4 is 29.1 Å². The number of alkyl halides is 3. The summed E-state index contributed by atoms with van der Waals surface area (Å²) in [4.78, 5) is 11.5. The minimum atomic E-state index is -4.91. The van der Waals surface area contributed by atoms with Crippen molar-refractivity contribution in [3.05, 3.63) is 69.2 Å². The molecule has 0 spiro atoms. The number of nitrogens with one attached hydrogen (secondary N) is 2. The second-order valence-electron chi connectivity index (χ2n) is 7.26. The Hall–Kier alpha value is -1.76. The van der Waals surface area contributed by atoms with Crippen molar-refractivity contribution in [1.82, 2.24) is 10.6 Å². The van der Waals surface area contributed by atoms with Gasteiger partial charge in [-0.1, -0.05) is 41.4 Å². The quantitative estimate of drug-likeness (QED) is 0.737. The van der Waals surface area contributed by atoms with Gasteiger partial charge in [0, 0.05) is 28.4 Å². The summed E-state index contributed by atoms with van der Waals surface area (Å²) in [5, 5.41) is 6.35. The van der Waals surface area contributed by atoms with Gasteiger partial charge in [-0.05, 0) is 53.3 Å². The zero-order valence-corrected chi connectivity index (χ0v) is 16.1. The second-order valence-corrected chi connectivity index (χ2v) is 8.14. The first-order chi connectivity index (χ1) is 13.2. The van der Waals surface area contributed by atoms with E-state index in [9.17, 15) is 18.0 Å². The van der Waals surface area contributed by atoms with E-state index in [1.54, 1.807) is 6.07 Å². The summed E-state index contributed by atoms with van der Waals surface area (Å²) in [6.45, 7) is 0.493. The normalized spacial score (nSPS) is 26.5. The van der Waals surface area contributed by atoms with E-state index in [-0.39, 0.29) is 17.8 Å². The number of hydrogen-bond donors (Lipinski definition) is 2. The second kappa shape index (κ2) is 7.25. The van der Waals surface area contributed by atoms with E-state index in [2.05, 4.69) is 10.6 Å². The zero-order chi connectivity index (χ0) is 20.1. The summed E-state index contributed by atoms with van der Waals surface area (Å²) in [6, 6.07) is 13.2. The number of benzene rings is 2. The fourth-order valence-corrected chi connectivity index (χ4v) is 4.89. The van der Waals surface area contributed by atoms with Crippen LogP contribution in [-0.2, 0) is 11.2 Å². The molecule has 0 aromatic heterocycles. The Labute approximate surface area is 170 Å². The molecule has 4 rings (SSSR count). The number of fused-ring (bicyclic) bond motifs is 2. The third-order valence-electron chi connectivity index (χ3n) is 5.63. The Kier molecular flexibility index (Phi) is 5.06. The first kappa shape index (κ1) is 19.6. The molecule has 2 aliphatic rings. The zero-order valence-electron chi connectivity index (χ0n) is 14.6. The standard InChI is InChI=1S/C20H17Cl2F3N2O/c21-12-3-1-2-10(6-12)17-14-5-4-13(22)7-11(14)8-15-16(17)9-26-18(15)27-19(28)20(23,24)25/h1-7,15-18,26H,8-9H2,(H,27,28). The number of amides is 1. The van der Waals surface area contributed by atoms with Crippen LogP contribution in [0.1, 0.15) is 22.6 Å². The van der Waals surface area contributed by atoms with Crippen LogP contribution < -0.4 is 10.6 Å². The van der Waals surface area contributed by atoms with Crippen molar-refractivity contribution in [3.8, 4) is 0 Å². The van der Waals surface area contributed by atoms with Crippen LogP contribution in [0.15, 0.2) is 42.5 Å². The molecule has 0 radical (unpaired) electrons. The van der Waals surface area contributed by atoms with Gasteiger partial charge >= 0.3 is 12.1 Å². The molecule has 1 fully saturated rings. The van der Waals surface area contributed by atoms with Gasteiger partial charge in [0.1, 0.15) is 0 Å². The lowest BCUT2D eigenvalue weighted by Gasteiger charge is -2.37. The number of carbonyl (C=O) groups is 1. The van der Waals surface area contributed by atoms with Crippen LogP contribution in [0.5, 0.6) is 0 Å². The SMILES string of the molecule is O=C(NC1NCC2C(c3cccc(Cl)c3)c3ccc(Cl)cc3CC12)C(F)(F)F. The van der Waals surface area contributed by atoms with Crippen LogP contribution in [0, 0.1) is 11.8 Å². The molecule has 2 aromatic rings. The van der Waals surface area contributed by atoms with Gasteiger partial charge in [0.15, 0.2) is 0 Å². The topological polar surface area (TPSA) is 41.1 Å². The summed E-state index contributed by atoms with van der Waals surface area (Å²) in [5.41, 5.74) is 3.07. The highest BCUT2D eigenvalue weighted by Gasteiger charge is 2.48. The highest BCUT2D eigenvalue weighted by molar-refractivity contribution is 6.31. The smallest absolute Gasteiger partial charge is 0.333 e. The van der Waals surface area contributed by atoms with E-state index in [0.717, 1.165) is 16.7 Å². The third-order valence-corrected chi connectivity index (χ3v) is 6.10. The predicted octanol–water partition coefficient (Wildman–Crippen LogP) is 4.52. The predicted molar refractivity (Wildman–Crippen MR) is 101 cm³/mol. The molecule has 148 valence electrons. The molecular weight excluding hydrogens is 412 g/mol. The van der Waals surface area contributed by atoms with Crippen molar-refractivity contribution in [3.63, 3.8) is 0 Å². The summed E-state index contributed by atoms with van der Waals surface area (Å²) < 4.78 is 38.2. The molecule has 28 heavy (non-hydrogen) atoms. The largest absolute Gasteiger partial charge is 0.471 e. The Morgan fingerprint density at radius 3 is 2.54 bits per heavy atom. The monoisotopic (exact) mass is 428 g/mol. The number of halogens is 5. The van der Waals surface area contributed by atoms with E-state index < -0.39 is 18.2 Å². The van der Waals surface area contributed by atoms with Gasteiger partial charge in [-0.2, -0.15) is 13.2 Å². The van der Waals surface area contributed by atoms with Crippen LogP contribution in [0.4, 0.5) is 13.2 Å². The molecule has 2 N–H and O–H groups in total. The van der Waals surface area contributed by atoms with E-state index in [0.29, 0.717) is 23.0 Å². The van der Waals surface area contributed by atoms with Crippen molar-refractivity contribution in [2.24, 2.45) is 11.8 Å². The van der Waals surface area contributed by atoms with Gasteiger partial charge in [0.2, 0.25) is 0 Å². The fraction of sp³-hybridized carbons (Fsp3) is 0.350. The molecule has 8 heteroatoms. The number of rotatable bonds is 2. The molecule has 1 aliphatic heterocycles. The van der Waals surface area contributed by atoms with Crippen molar-refractivity contribution in [1.29, 1.82) is 0 Å². The molecule has 3 nitrogen and oxygen atoms in total. The fourth-order valence-electron chi connectivity index (χ4n) is 4.49. The Balaban J connectivity index is 1.72. The molecule has 4 unspecified atom stereocenters. The van der Waals surface area contributed by atoms with Gasteiger partial charge in [-0.3, -0.25) is 10.1 Å². The van der Waals surface area contributed by atoms with E-state index in [1.165, 1.54) is 0 Å². The summed E-state index contributed by atoms with van der Waals surface area (Å²) in [7, 11) is 0. The van der Waals surface area contributed by atoms with Gasteiger partial charge in [0.05, 0.1) is 6.17 Å². The van der Waals surface area contributed by atoms with Gasteiger partial charge in [-0.25, -0.2) is 0 Å². The van der Waals surface area contributed by atoms with Crippen LogP contribution in [0.2, 0.25) is 10.0 Å². The van der Waals surface area contributed by atoms with Gasteiger partial charge in [0.25, 0.3) is 0 Å². The lowest BCUT2D eigenvalue weighted by atomic mass is 9.67. The van der Waals surface area contributed by atoms with Gasteiger partial charge < -0.3 is 5.32 Å². The average molecular weight is 429 g/mol. The van der Waals surface area contributed by atoms with Crippen molar-refractivity contribution in [2.75, 3.05) is 6.54 Å². The molecule has 0 bridgehead atoms. The maximum absolute atomic E-state index is 12.7. The summed E-state index contributed by atoms with van der Waals surface area (Å²) >= 11 is 12.4. The lowest BCUT2D eigenvalue weighted by molar-refractivity contribution is -0.174. The molecular formula is C20H17Cl2F3N2O. The summed E-state index contributed by atoms with van der Waals surface area (Å²) in [5.74, 6) is -2.15. The van der Waals surface area contributed by atoms with E-state index in [1.807, 2.05) is 36.4 Å². The first-order valence-electron chi connectivity index (χ1n) is 8.89. The van der Waals surface area contributed by atoms with E-state index in [4.69, 9.17) is 23.2 Å². The molecule has 1 aliphatic carbocycles. The van der Waals surface area contributed by atoms with Gasteiger partial charge in [-0.15, -0.1) is 0 Å². The third kappa shape index (κ3) is 3.61. The first-order valence-corrected chi connectivity index (χ1v) is 9.64. The minimum Gasteiger partial charge on any atom is -0.333 e. The molecule has 1 amide bonds. The Morgan fingerprint density at radius 1 is 1.07 bits per heavy atom. The van der Waals surface area contributed by atoms with Crippen molar-refractivity contribution in [2.45, 2.75) is 24.7 Å². The van der Waals surface area contributed by atoms with Crippen LogP contribution in [0.3, 0.4) is 0 Å². The number of carbonyl (C=O) groups excluding carboxylic acids is 1. The van der Waals surface area contributed by atoms with E-state index >= 15 is 0 Å². The molecule has 0 saturated carbocycles. The molecule has 2 aromatic carbocycles. The Bertz CT molecular complexity index is 919. The minimum absolute atomic E-state index is 0.0191. The lowest BCUT2D eigenvalue weighted by Crippen LogP contribution is -2.51. The maximum Gasteiger partial charge on any atom is 0.471 e. The van der Waals surface area contributed by atoms with Crippen LogP contribution in [0.25, 0.3) is 0 Å². The van der Waals surface area contributed by atoms with Crippen LogP contribution in [-0.4, -0.2) is 24.8 Å². The van der Waals surface area contributed by atoms with Crippen molar-refractivity contribution < 1.29 is 18.0 Å². The van der Waals surface area contributed by atoms with Crippen LogP contribution >= 0.6 is 23.2 Å². The molecule has 1 saturated heterocycles. The summed E-state index contributed by atoms with van der Waals surface area (Å²) in [6.07, 6.45) is -5.14.